The van der Waals surface area contributed by atoms with Crippen molar-refractivity contribution in [2.24, 2.45) is 51.4 Å². The summed E-state index contributed by atoms with van der Waals surface area (Å²) in [4.78, 5) is 160. The van der Waals surface area contributed by atoms with Gasteiger partial charge in [-0.15, -0.1) is 0 Å². The number of carboxylic acids is 3. The van der Waals surface area contributed by atoms with Gasteiger partial charge in [-0.2, -0.15) is 0 Å². The number of guanidine groups is 1. The molecule has 0 rings (SSSR count). The third kappa shape index (κ3) is 27.6. The predicted molar refractivity (Wildman–Crippen MR) is 271 cm³/mol. The number of unbranched alkanes of at least 4 members (excludes halogenated alkanes) is 1. The Morgan fingerprint density at radius 2 is 0.947 bits per heavy atom. The zero-order valence-corrected chi connectivity index (χ0v) is 43.9. The number of nitrogens with one attached hydrogen (secondary N) is 8. The number of amides is 9. The van der Waals surface area contributed by atoms with Gasteiger partial charge in [0.25, 0.3) is 0 Å². The highest BCUT2D eigenvalue weighted by Gasteiger charge is 2.37. The number of nitrogens with zero attached hydrogens (tertiary/aromatic N) is 1. The number of primary amides is 1. The Bertz CT molecular complexity index is 2000. The van der Waals surface area contributed by atoms with Gasteiger partial charge in [0.1, 0.15) is 48.3 Å². The quantitative estimate of drug-likeness (QED) is 0.0158. The fourth-order valence-corrected chi connectivity index (χ4v) is 7.12. The number of aliphatic carboxylic acids is 3. The van der Waals surface area contributed by atoms with Crippen molar-refractivity contribution in [3.63, 3.8) is 0 Å². The highest BCUT2D eigenvalue weighted by Crippen LogP contribution is 2.13. The molecule has 0 saturated heterocycles. The van der Waals surface area contributed by atoms with Crippen molar-refractivity contribution in [3.8, 4) is 0 Å². The first-order valence-electron chi connectivity index (χ1n) is 24.8. The highest BCUT2D eigenvalue weighted by molar-refractivity contribution is 5.99. The third-order valence-corrected chi connectivity index (χ3v) is 11.6. The van der Waals surface area contributed by atoms with Crippen LogP contribution in [0.3, 0.4) is 0 Å². The molecule has 0 aliphatic rings. The van der Waals surface area contributed by atoms with Gasteiger partial charge in [0, 0.05) is 19.4 Å². The molecule has 0 bridgehead atoms. The summed E-state index contributed by atoms with van der Waals surface area (Å²) in [6.45, 7) is 11.4. The lowest BCUT2D eigenvalue weighted by Gasteiger charge is -2.30. The molecule has 10 atom stereocenters. The van der Waals surface area contributed by atoms with E-state index in [1.165, 1.54) is 20.8 Å². The van der Waals surface area contributed by atoms with Crippen molar-refractivity contribution in [1.29, 1.82) is 0 Å². The minimum atomic E-state index is -1.79. The number of nitrogens with two attached hydrogens (primary N) is 5. The monoisotopic (exact) mass is 1070 g/mol. The largest absolute Gasteiger partial charge is 0.481 e. The molecule has 0 aliphatic carbocycles. The highest BCUT2D eigenvalue weighted by atomic mass is 16.4. The lowest BCUT2D eigenvalue weighted by molar-refractivity contribution is -0.142. The first kappa shape index (κ1) is 67.8. The van der Waals surface area contributed by atoms with E-state index in [4.69, 9.17) is 28.7 Å². The first-order valence-corrected chi connectivity index (χ1v) is 24.8. The first-order chi connectivity index (χ1) is 34.9. The van der Waals surface area contributed by atoms with E-state index >= 15 is 0 Å². The fraction of sp³-hybridized carbons (Fsp3) is 0.717. The molecule has 0 radical (unpaired) electrons. The van der Waals surface area contributed by atoms with Crippen molar-refractivity contribution in [1.82, 2.24) is 42.5 Å². The molecule has 29 heteroatoms. The second-order valence-electron chi connectivity index (χ2n) is 19.0. The van der Waals surface area contributed by atoms with Crippen LogP contribution in [0.15, 0.2) is 4.99 Å². The average molecular weight is 1070 g/mol. The van der Waals surface area contributed by atoms with Crippen molar-refractivity contribution in [3.05, 3.63) is 0 Å². The Kier molecular flexibility index (Phi) is 31.7. The number of rotatable bonds is 38. The van der Waals surface area contributed by atoms with E-state index in [2.05, 4.69) is 47.5 Å². The van der Waals surface area contributed by atoms with E-state index < -0.39 is 169 Å². The lowest BCUT2D eigenvalue weighted by Crippen LogP contribution is -2.62. The van der Waals surface area contributed by atoms with E-state index in [-0.39, 0.29) is 50.7 Å². The molecular formula is C46H82N14O15. The van der Waals surface area contributed by atoms with E-state index in [1.807, 2.05) is 13.8 Å². The molecule has 0 unspecified atom stereocenters. The summed E-state index contributed by atoms with van der Waals surface area (Å²) in [7, 11) is 0. The summed E-state index contributed by atoms with van der Waals surface area (Å²) in [6, 6.07) is -13.1. The predicted octanol–water partition coefficient (Wildman–Crippen LogP) is -4.17. The van der Waals surface area contributed by atoms with Crippen LogP contribution in [0, 0.1) is 17.8 Å². The molecule has 0 saturated carbocycles. The zero-order chi connectivity index (χ0) is 57.7. The second kappa shape index (κ2) is 35.1. The molecule has 426 valence electrons. The maximum atomic E-state index is 14.1. The normalized spacial score (nSPS) is 15.1. The van der Waals surface area contributed by atoms with Crippen LogP contribution in [0.25, 0.3) is 0 Å². The molecule has 9 amide bonds. The Hall–Kier alpha value is -7.17. The Morgan fingerprint density at radius 1 is 0.507 bits per heavy atom. The molecule has 0 fully saturated rings. The van der Waals surface area contributed by atoms with Crippen molar-refractivity contribution < 1.29 is 72.9 Å². The van der Waals surface area contributed by atoms with E-state index in [0.717, 1.165) is 0 Å². The van der Waals surface area contributed by atoms with Crippen LogP contribution in [0.1, 0.15) is 126 Å². The summed E-state index contributed by atoms with van der Waals surface area (Å²) in [6.07, 6.45) is -1.88. The van der Waals surface area contributed by atoms with Crippen LogP contribution in [-0.2, 0) is 57.5 Å². The molecular weight excluding hydrogens is 989 g/mol. The van der Waals surface area contributed by atoms with Gasteiger partial charge >= 0.3 is 17.9 Å². The maximum Gasteiger partial charge on any atom is 0.326 e. The van der Waals surface area contributed by atoms with Gasteiger partial charge in [0.2, 0.25) is 53.2 Å². The van der Waals surface area contributed by atoms with E-state index in [9.17, 15) is 72.9 Å². The number of hydrogen-bond donors (Lipinski definition) is 16. The van der Waals surface area contributed by atoms with Gasteiger partial charge in [-0.25, -0.2) is 4.79 Å². The molecule has 0 aromatic rings. The smallest absolute Gasteiger partial charge is 0.326 e. The number of carbonyl (C=O) groups is 12. The molecule has 0 aliphatic heterocycles. The fourth-order valence-electron chi connectivity index (χ4n) is 7.12. The van der Waals surface area contributed by atoms with Crippen LogP contribution >= 0.6 is 0 Å². The van der Waals surface area contributed by atoms with Crippen LogP contribution in [0.5, 0.6) is 0 Å². The molecule has 21 N–H and O–H groups in total. The standard InChI is InChI=1S/C46H82N14O15/c1-8-24(6)36(60-41(70)28(14-16-33(62)63)54-37(66)25(7)53-38(67)26(48)20-22(2)3)44(73)56-29(15-17-34(64)65)40(69)59-35(23(4)5)43(72)58-31(21-32(49)61)42(71)55-27(13-11-19-52-46(50)51)39(68)57-30(45(74)75)12-9-10-18-47/h22-31,35-36H,8-21,47-48H2,1-7H3,(H2,49,61)(H,53,67)(H,54,66)(H,55,71)(H,56,73)(H,57,68)(H,58,72)(H,59,69)(H,60,70)(H,62,63)(H,64,65)(H,74,75)(H4,50,51,52)/t24-,25-,26-,27-,28-,29-,30-,31-,35-,36-/m0/s1. The van der Waals surface area contributed by atoms with E-state index in [1.54, 1.807) is 13.8 Å². The number of carbonyl (C=O) groups excluding carboxylic acids is 9. The third-order valence-electron chi connectivity index (χ3n) is 11.6. The SMILES string of the molecule is CC[C@H](C)[C@H](NC(=O)[C@H](CCC(=O)O)NC(=O)[C@H](C)NC(=O)[C@@H](N)CC(C)C)C(=O)N[C@@H](CCC(=O)O)C(=O)N[C@H](C(=O)N[C@@H](CC(N)=O)C(=O)N[C@@H](CCCN=C(N)N)C(=O)N[C@@H](CCCCN)C(=O)O)C(C)C. The van der Waals surface area contributed by atoms with Gasteiger partial charge in [-0.05, 0) is 82.6 Å². The second-order valence-corrected chi connectivity index (χ2v) is 19.0. The molecule has 0 heterocycles. The van der Waals surface area contributed by atoms with Crippen LogP contribution < -0.4 is 71.2 Å². The Morgan fingerprint density at radius 3 is 1.41 bits per heavy atom. The van der Waals surface area contributed by atoms with Crippen LogP contribution in [0.2, 0.25) is 0 Å². The summed E-state index contributed by atoms with van der Waals surface area (Å²) >= 11 is 0. The average Bonchev–Trinajstić information content (AvgIpc) is 3.31. The molecule has 0 aromatic carbocycles. The van der Waals surface area contributed by atoms with Crippen LogP contribution in [-0.4, -0.2) is 160 Å². The van der Waals surface area contributed by atoms with Crippen LogP contribution in [0.4, 0.5) is 0 Å². The van der Waals surface area contributed by atoms with Crippen molar-refractivity contribution in [2.45, 2.75) is 180 Å². The number of carboxylic acid groups (broad SMARTS) is 3. The molecule has 0 aromatic heterocycles. The Balaban J connectivity index is 6.69. The van der Waals surface area contributed by atoms with Gasteiger partial charge in [-0.1, -0.05) is 48.0 Å². The molecule has 29 nitrogen and oxygen atoms in total. The minimum absolute atomic E-state index is 0.00196. The summed E-state index contributed by atoms with van der Waals surface area (Å²) in [5.41, 5.74) is 27.7. The summed E-state index contributed by atoms with van der Waals surface area (Å²) in [5, 5.41) is 48.0. The van der Waals surface area contributed by atoms with Gasteiger partial charge in [-0.3, -0.25) is 57.7 Å². The molecule has 0 spiro atoms. The number of hydrogen-bond acceptors (Lipinski definition) is 15. The lowest BCUT2D eigenvalue weighted by atomic mass is 9.96. The summed E-state index contributed by atoms with van der Waals surface area (Å²) < 4.78 is 0. The number of aliphatic imine (C=N–C) groups is 1. The van der Waals surface area contributed by atoms with Gasteiger partial charge < -0.3 is 86.5 Å². The van der Waals surface area contributed by atoms with Gasteiger partial charge in [0.05, 0.1) is 12.5 Å². The Labute approximate surface area is 435 Å². The van der Waals surface area contributed by atoms with Crippen molar-refractivity contribution in [2.75, 3.05) is 13.1 Å². The summed E-state index contributed by atoms with van der Waals surface area (Å²) in [5.74, 6) is -14.7. The zero-order valence-electron chi connectivity index (χ0n) is 43.9. The minimum Gasteiger partial charge on any atom is -0.481 e. The topological polar surface area (TPSA) is 504 Å². The molecule has 75 heavy (non-hydrogen) atoms. The van der Waals surface area contributed by atoms with Crippen molar-refractivity contribution >= 4 is 77.0 Å². The van der Waals surface area contributed by atoms with Gasteiger partial charge in [0.15, 0.2) is 5.96 Å². The maximum absolute atomic E-state index is 14.1. The van der Waals surface area contributed by atoms with E-state index in [0.29, 0.717) is 19.3 Å².